The molecule has 144 valence electrons. The van der Waals surface area contributed by atoms with Crippen molar-refractivity contribution in [2.24, 2.45) is 7.05 Å². The second-order valence-electron chi connectivity index (χ2n) is 6.62. The molecular formula is C17H18N8O3. The van der Waals surface area contributed by atoms with E-state index >= 15 is 0 Å². The van der Waals surface area contributed by atoms with Gasteiger partial charge in [-0.1, -0.05) is 11.3 Å². The Morgan fingerprint density at radius 3 is 2.64 bits per heavy atom. The minimum Gasteiger partial charge on any atom is -0.351 e. The molecule has 0 unspecified atom stereocenters. The zero-order valence-corrected chi connectivity index (χ0v) is 15.4. The van der Waals surface area contributed by atoms with Crippen molar-refractivity contribution < 1.29 is 9.72 Å². The molecule has 0 spiro atoms. The summed E-state index contributed by atoms with van der Waals surface area (Å²) >= 11 is 0. The van der Waals surface area contributed by atoms with Crippen LogP contribution < -0.4 is 4.90 Å². The lowest BCUT2D eigenvalue weighted by molar-refractivity contribution is -0.385. The topological polar surface area (TPSA) is 123 Å². The van der Waals surface area contributed by atoms with Gasteiger partial charge in [-0.05, 0) is 13.0 Å². The highest BCUT2D eigenvalue weighted by molar-refractivity contribution is 5.95. The van der Waals surface area contributed by atoms with E-state index in [2.05, 4.69) is 20.3 Å². The van der Waals surface area contributed by atoms with Crippen molar-refractivity contribution in [3.8, 4) is 0 Å². The lowest BCUT2D eigenvalue weighted by atomic mass is 10.1. The van der Waals surface area contributed by atoms with Crippen LogP contribution >= 0.6 is 0 Å². The van der Waals surface area contributed by atoms with Crippen LogP contribution in [0.4, 0.5) is 11.5 Å². The van der Waals surface area contributed by atoms with Gasteiger partial charge in [0, 0.05) is 50.4 Å². The third-order valence-corrected chi connectivity index (χ3v) is 4.89. The number of benzene rings is 1. The number of rotatable bonds is 3. The SMILES string of the molecule is Cc1ccc(C(=O)N2CCN(c3ncnc4c3nnn4C)CC2)cc1[N+](=O)[O-]. The van der Waals surface area contributed by atoms with E-state index in [9.17, 15) is 14.9 Å². The number of hydrogen-bond acceptors (Lipinski definition) is 8. The molecule has 11 heteroatoms. The molecule has 1 aliphatic heterocycles. The molecule has 4 rings (SSSR count). The average Bonchev–Trinajstić information content (AvgIpc) is 3.09. The highest BCUT2D eigenvalue weighted by Crippen LogP contribution is 2.23. The van der Waals surface area contributed by atoms with Crippen molar-refractivity contribution in [2.45, 2.75) is 6.92 Å². The second kappa shape index (κ2) is 6.83. The summed E-state index contributed by atoms with van der Waals surface area (Å²) in [5.41, 5.74) is 2.08. The number of nitrogens with zero attached hydrogens (tertiary/aromatic N) is 8. The second-order valence-corrected chi connectivity index (χ2v) is 6.62. The molecular weight excluding hydrogens is 364 g/mol. The van der Waals surface area contributed by atoms with Gasteiger partial charge in [0.1, 0.15) is 6.33 Å². The van der Waals surface area contributed by atoms with E-state index in [0.29, 0.717) is 54.3 Å². The first-order valence-corrected chi connectivity index (χ1v) is 8.75. The summed E-state index contributed by atoms with van der Waals surface area (Å²) in [6, 6.07) is 4.58. The number of nitro groups is 1. The van der Waals surface area contributed by atoms with E-state index in [0.717, 1.165) is 0 Å². The van der Waals surface area contributed by atoms with Crippen molar-refractivity contribution in [2.75, 3.05) is 31.1 Å². The number of aromatic nitrogens is 5. The van der Waals surface area contributed by atoms with Crippen LogP contribution in [0.3, 0.4) is 0 Å². The summed E-state index contributed by atoms with van der Waals surface area (Å²) < 4.78 is 1.59. The first-order valence-electron chi connectivity index (χ1n) is 8.75. The maximum absolute atomic E-state index is 12.8. The van der Waals surface area contributed by atoms with Gasteiger partial charge in [-0.3, -0.25) is 14.9 Å². The minimum absolute atomic E-state index is 0.0458. The Morgan fingerprint density at radius 1 is 1.18 bits per heavy atom. The largest absolute Gasteiger partial charge is 0.351 e. The number of piperazine rings is 1. The lowest BCUT2D eigenvalue weighted by Crippen LogP contribution is -2.49. The van der Waals surface area contributed by atoms with Gasteiger partial charge in [-0.2, -0.15) is 0 Å². The van der Waals surface area contributed by atoms with Crippen molar-refractivity contribution in [1.29, 1.82) is 0 Å². The summed E-state index contributed by atoms with van der Waals surface area (Å²) in [6.07, 6.45) is 1.48. The number of anilines is 1. The maximum Gasteiger partial charge on any atom is 0.273 e. The van der Waals surface area contributed by atoms with Crippen molar-refractivity contribution >= 4 is 28.6 Å². The van der Waals surface area contributed by atoms with Gasteiger partial charge in [0.05, 0.1) is 4.92 Å². The van der Waals surface area contributed by atoms with Gasteiger partial charge in [0.25, 0.3) is 11.6 Å². The van der Waals surface area contributed by atoms with E-state index in [-0.39, 0.29) is 11.6 Å². The van der Waals surface area contributed by atoms with Gasteiger partial charge < -0.3 is 9.80 Å². The Balaban J connectivity index is 1.50. The van der Waals surface area contributed by atoms with Crippen LogP contribution in [0.5, 0.6) is 0 Å². The van der Waals surface area contributed by atoms with Crippen molar-refractivity contribution in [3.05, 3.63) is 45.8 Å². The van der Waals surface area contributed by atoms with Crippen LogP contribution in [0.1, 0.15) is 15.9 Å². The fourth-order valence-corrected chi connectivity index (χ4v) is 3.32. The molecule has 0 aliphatic carbocycles. The smallest absolute Gasteiger partial charge is 0.273 e. The van der Waals surface area contributed by atoms with Crippen LogP contribution in [0, 0.1) is 17.0 Å². The lowest BCUT2D eigenvalue weighted by Gasteiger charge is -2.35. The van der Waals surface area contributed by atoms with Crippen molar-refractivity contribution in [1.82, 2.24) is 29.9 Å². The quantitative estimate of drug-likeness (QED) is 0.484. The van der Waals surface area contributed by atoms with E-state index in [1.165, 1.54) is 12.4 Å². The Labute approximate surface area is 159 Å². The highest BCUT2D eigenvalue weighted by Gasteiger charge is 2.26. The molecule has 2 aromatic heterocycles. The van der Waals surface area contributed by atoms with E-state index in [4.69, 9.17) is 0 Å². The van der Waals surface area contributed by atoms with E-state index in [1.807, 2.05) is 4.90 Å². The summed E-state index contributed by atoms with van der Waals surface area (Å²) in [5, 5.41) is 19.2. The Morgan fingerprint density at radius 2 is 1.93 bits per heavy atom. The molecule has 1 amide bonds. The number of nitro benzene ring substituents is 1. The molecule has 11 nitrogen and oxygen atoms in total. The predicted octanol–water partition coefficient (Wildman–Crippen LogP) is 0.937. The zero-order valence-electron chi connectivity index (χ0n) is 15.4. The van der Waals surface area contributed by atoms with Crippen LogP contribution in [0.15, 0.2) is 24.5 Å². The van der Waals surface area contributed by atoms with Crippen LogP contribution in [0.2, 0.25) is 0 Å². The Hall–Kier alpha value is -3.63. The van der Waals surface area contributed by atoms with Gasteiger partial charge in [-0.15, -0.1) is 5.10 Å². The molecule has 0 bridgehead atoms. The molecule has 0 N–H and O–H groups in total. The van der Waals surface area contributed by atoms with Gasteiger partial charge in [0.15, 0.2) is 17.0 Å². The van der Waals surface area contributed by atoms with Crippen LogP contribution in [-0.4, -0.2) is 66.9 Å². The number of fused-ring (bicyclic) bond motifs is 1. The van der Waals surface area contributed by atoms with Crippen molar-refractivity contribution in [3.63, 3.8) is 0 Å². The third kappa shape index (κ3) is 3.00. The normalized spacial score (nSPS) is 14.5. The highest BCUT2D eigenvalue weighted by atomic mass is 16.6. The van der Waals surface area contributed by atoms with E-state index in [1.54, 1.807) is 35.7 Å². The summed E-state index contributed by atoms with van der Waals surface area (Å²) in [4.78, 5) is 35.7. The summed E-state index contributed by atoms with van der Waals surface area (Å²) in [6.45, 7) is 3.75. The number of aryl methyl sites for hydroxylation is 2. The van der Waals surface area contributed by atoms with Gasteiger partial charge in [0.2, 0.25) is 0 Å². The standard InChI is InChI=1S/C17H18N8O3/c1-11-3-4-12(9-13(11)25(27)28)17(26)24-7-5-23(6-8-24)16-14-15(18-10-19-16)22(2)21-20-14/h3-4,9-10H,5-8H2,1-2H3. The molecule has 1 aliphatic rings. The van der Waals surface area contributed by atoms with Crippen LogP contribution in [-0.2, 0) is 7.05 Å². The van der Waals surface area contributed by atoms with Gasteiger partial charge >= 0.3 is 0 Å². The molecule has 0 atom stereocenters. The number of hydrogen-bond donors (Lipinski definition) is 0. The average molecular weight is 382 g/mol. The monoisotopic (exact) mass is 382 g/mol. The maximum atomic E-state index is 12.8. The predicted molar refractivity (Wildman–Crippen MR) is 100 cm³/mol. The number of carbonyl (C=O) groups excluding carboxylic acids is 1. The van der Waals surface area contributed by atoms with Crippen LogP contribution in [0.25, 0.3) is 11.2 Å². The fourth-order valence-electron chi connectivity index (χ4n) is 3.32. The summed E-state index contributed by atoms with van der Waals surface area (Å²) in [5.74, 6) is 0.478. The molecule has 3 heterocycles. The molecule has 1 aromatic carbocycles. The molecule has 1 saturated heterocycles. The molecule has 0 radical (unpaired) electrons. The third-order valence-electron chi connectivity index (χ3n) is 4.89. The Bertz CT molecular complexity index is 1070. The van der Waals surface area contributed by atoms with E-state index < -0.39 is 4.92 Å². The molecule has 0 saturated carbocycles. The Kier molecular flexibility index (Phi) is 4.34. The molecule has 3 aromatic rings. The molecule has 28 heavy (non-hydrogen) atoms. The number of amides is 1. The van der Waals surface area contributed by atoms with Gasteiger partial charge in [-0.25, -0.2) is 14.6 Å². The zero-order chi connectivity index (χ0) is 19.8. The first kappa shape index (κ1) is 17.8. The first-order chi connectivity index (χ1) is 13.5. The number of carbonyl (C=O) groups is 1. The molecule has 1 fully saturated rings. The fraction of sp³-hybridized carbons (Fsp3) is 0.353. The minimum atomic E-state index is -0.467. The summed E-state index contributed by atoms with van der Waals surface area (Å²) in [7, 11) is 1.77.